The summed E-state index contributed by atoms with van der Waals surface area (Å²) in [5.41, 5.74) is 8.22. The Bertz CT molecular complexity index is 524. The number of aryl methyl sites for hydroxylation is 1. The number of benzene rings is 1. The summed E-state index contributed by atoms with van der Waals surface area (Å²) >= 11 is 9.56. The molecule has 17 heavy (non-hydrogen) atoms. The van der Waals surface area contributed by atoms with E-state index in [4.69, 9.17) is 17.3 Å². The minimum atomic E-state index is -0.121. The lowest BCUT2D eigenvalue weighted by atomic mass is 10.0. The first-order chi connectivity index (χ1) is 8.06. The molecule has 0 spiro atoms. The predicted octanol–water partition coefficient (Wildman–Crippen LogP) is 3.08. The Morgan fingerprint density at radius 3 is 2.94 bits per heavy atom. The second-order valence-electron chi connectivity index (χ2n) is 4.00. The minimum Gasteiger partial charge on any atom is -0.324 e. The van der Waals surface area contributed by atoms with Crippen LogP contribution in [0.4, 0.5) is 0 Å². The number of hydrogen-bond donors (Lipinski definition) is 1. The number of nitrogens with two attached hydrogens (primary N) is 1. The molecule has 0 aliphatic heterocycles. The molecule has 3 nitrogen and oxygen atoms in total. The molecule has 1 atom stereocenters. The number of rotatable bonds is 3. The van der Waals surface area contributed by atoms with Gasteiger partial charge in [0.25, 0.3) is 0 Å². The highest BCUT2D eigenvalue weighted by molar-refractivity contribution is 9.10. The monoisotopic (exact) mass is 313 g/mol. The maximum Gasteiger partial charge on any atom is 0.0522 e. The van der Waals surface area contributed by atoms with Crippen molar-refractivity contribution in [3.63, 3.8) is 0 Å². The Morgan fingerprint density at radius 1 is 1.53 bits per heavy atom. The van der Waals surface area contributed by atoms with Gasteiger partial charge in [-0.3, -0.25) is 4.68 Å². The van der Waals surface area contributed by atoms with Crippen LogP contribution in [0.5, 0.6) is 0 Å². The van der Waals surface area contributed by atoms with Crippen LogP contribution < -0.4 is 5.73 Å². The van der Waals surface area contributed by atoms with E-state index in [-0.39, 0.29) is 6.04 Å². The van der Waals surface area contributed by atoms with Crippen molar-refractivity contribution in [3.05, 3.63) is 51.2 Å². The standard InChI is InChI=1S/C12H13BrClN3/c1-17-7-8(6-16-17)4-12(15)10-5-9(13)2-3-11(10)14/h2-3,5-7,12H,4,15H2,1H3. The van der Waals surface area contributed by atoms with E-state index < -0.39 is 0 Å². The summed E-state index contributed by atoms with van der Waals surface area (Å²) in [5.74, 6) is 0. The summed E-state index contributed by atoms with van der Waals surface area (Å²) in [4.78, 5) is 0. The molecule has 0 fully saturated rings. The van der Waals surface area contributed by atoms with Crippen LogP contribution in [0.3, 0.4) is 0 Å². The highest BCUT2D eigenvalue weighted by Crippen LogP contribution is 2.27. The molecular weight excluding hydrogens is 302 g/mol. The molecule has 1 aromatic heterocycles. The first kappa shape index (κ1) is 12.6. The molecular formula is C12H13BrClN3. The van der Waals surface area contributed by atoms with Gasteiger partial charge in [-0.2, -0.15) is 5.10 Å². The lowest BCUT2D eigenvalue weighted by molar-refractivity contribution is 0.719. The molecule has 0 amide bonds. The first-order valence-electron chi connectivity index (χ1n) is 5.24. The van der Waals surface area contributed by atoms with E-state index >= 15 is 0 Å². The summed E-state index contributed by atoms with van der Waals surface area (Å²) < 4.78 is 2.75. The van der Waals surface area contributed by atoms with Gasteiger partial charge in [-0.1, -0.05) is 27.5 Å². The molecule has 0 saturated heterocycles. The number of aromatic nitrogens is 2. The van der Waals surface area contributed by atoms with Crippen LogP contribution in [-0.4, -0.2) is 9.78 Å². The van der Waals surface area contributed by atoms with E-state index in [1.54, 1.807) is 4.68 Å². The van der Waals surface area contributed by atoms with Crippen molar-refractivity contribution >= 4 is 27.5 Å². The zero-order chi connectivity index (χ0) is 12.4. The molecule has 0 aliphatic rings. The van der Waals surface area contributed by atoms with Crippen molar-refractivity contribution in [1.29, 1.82) is 0 Å². The van der Waals surface area contributed by atoms with Gasteiger partial charge in [-0.25, -0.2) is 0 Å². The number of nitrogens with zero attached hydrogens (tertiary/aromatic N) is 2. The van der Waals surface area contributed by atoms with Crippen molar-refractivity contribution in [1.82, 2.24) is 9.78 Å². The third-order valence-corrected chi connectivity index (χ3v) is 3.41. The van der Waals surface area contributed by atoms with Crippen molar-refractivity contribution in [2.45, 2.75) is 12.5 Å². The maximum absolute atomic E-state index is 6.16. The van der Waals surface area contributed by atoms with Crippen molar-refractivity contribution in [3.8, 4) is 0 Å². The maximum atomic E-state index is 6.16. The van der Waals surface area contributed by atoms with E-state index in [1.807, 2.05) is 37.6 Å². The van der Waals surface area contributed by atoms with Gasteiger partial charge in [-0.15, -0.1) is 0 Å². The summed E-state index contributed by atoms with van der Waals surface area (Å²) in [6.45, 7) is 0. The molecule has 90 valence electrons. The van der Waals surface area contributed by atoms with Gasteiger partial charge >= 0.3 is 0 Å². The summed E-state index contributed by atoms with van der Waals surface area (Å²) in [6.07, 6.45) is 4.52. The minimum absolute atomic E-state index is 0.121. The Morgan fingerprint density at radius 2 is 2.29 bits per heavy atom. The van der Waals surface area contributed by atoms with Gasteiger partial charge < -0.3 is 5.73 Å². The summed E-state index contributed by atoms with van der Waals surface area (Å²) in [6, 6.07) is 5.60. The normalized spacial score (nSPS) is 12.7. The Hall–Kier alpha value is -0.840. The second-order valence-corrected chi connectivity index (χ2v) is 5.32. The van der Waals surface area contributed by atoms with E-state index in [9.17, 15) is 0 Å². The molecule has 1 heterocycles. The largest absolute Gasteiger partial charge is 0.324 e. The fourth-order valence-corrected chi connectivity index (χ4v) is 2.38. The molecule has 2 rings (SSSR count). The lowest BCUT2D eigenvalue weighted by Crippen LogP contribution is -2.13. The van der Waals surface area contributed by atoms with Crippen molar-refractivity contribution < 1.29 is 0 Å². The van der Waals surface area contributed by atoms with E-state index in [0.717, 1.165) is 22.0 Å². The topological polar surface area (TPSA) is 43.8 Å². The molecule has 1 unspecified atom stereocenters. The third kappa shape index (κ3) is 3.09. The Kier molecular flexibility index (Phi) is 3.86. The van der Waals surface area contributed by atoms with Crippen LogP contribution in [0.1, 0.15) is 17.2 Å². The van der Waals surface area contributed by atoms with Crippen LogP contribution in [0, 0.1) is 0 Å². The van der Waals surface area contributed by atoms with Gasteiger partial charge in [0.1, 0.15) is 0 Å². The van der Waals surface area contributed by atoms with Crippen LogP contribution in [0.15, 0.2) is 35.1 Å². The zero-order valence-corrected chi connectivity index (χ0v) is 11.7. The second kappa shape index (κ2) is 5.21. The smallest absolute Gasteiger partial charge is 0.0522 e. The Balaban J connectivity index is 2.19. The van der Waals surface area contributed by atoms with Gasteiger partial charge in [0.05, 0.1) is 6.20 Å². The van der Waals surface area contributed by atoms with Gasteiger partial charge in [-0.05, 0) is 35.7 Å². The van der Waals surface area contributed by atoms with E-state index in [1.165, 1.54) is 0 Å². The molecule has 0 bridgehead atoms. The molecule has 1 aromatic carbocycles. The summed E-state index contributed by atoms with van der Waals surface area (Å²) in [7, 11) is 1.89. The average Bonchev–Trinajstić information content (AvgIpc) is 2.67. The van der Waals surface area contributed by atoms with Gasteiger partial charge in [0.2, 0.25) is 0 Å². The SMILES string of the molecule is Cn1cc(CC(N)c2cc(Br)ccc2Cl)cn1. The summed E-state index contributed by atoms with van der Waals surface area (Å²) in [5, 5.41) is 4.82. The molecule has 5 heteroatoms. The lowest BCUT2D eigenvalue weighted by Gasteiger charge is -2.13. The molecule has 0 aliphatic carbocycles. The third-order valence-electron chi connectivity index (χ3n) is 2.57. The molecule has 2 N–H and O–H groups in total. The number of halogens is 2. The molecule has 0 saturated carbocycles. The fourth-order valence-electron chi connectivity index (χ4n) is 1.74. The average molecular weight is 315 g/mol. The van der Waals surface area contributed by atoms with Gasteiger partial charge in [0, 0.05) is 28.8 Å². The van der Waals surface area contributed by atoms with Crippen LogP contribution in [-0.2, 0) is 13.5 Å². The van der Waals surface area contributed by atoms with Crippen LogP contribution in [0.25, 0.3) is 0 Å². The van der Waals surface area contributed by atoms with Gasteiger partial charge in [0.15, 0.2) is 0 Å². The highest BCUT2D eigenvalue weighted by atomic mass is 79.9. The van der Waals surface area contributed by atoms with E-state index in [0.29, 0.717) is 5.02 Å². The van der Waals surface area contributed by atoms with Crippen LogP contribution in [0.2, 0.25) is 5.02 Å². The van der Waals surface area contributed by atoms with Crippen molar-refractivity contribution in [2.24, 2.45) is 12.8 Å². The Labute approximate surface area is 114 Å². The molecule has 0 radical (unpaired) electrons. The zero-order valence-electron chi connectivity index (χ0n) is 9.40. The first-order valence-corrected chi connectivity index (χ1v) is 6.41. The predicted molar refractivity (Wildman–Crippen MR) is 73.0 cm³/mol. The highest BCUT2D eigenvalue weighted by Gasteiger charge is 2.12. The van der Waals surface area contributed by atoms with Crippen molar-refractivity contribution in [2.75, 3.05) is 0 Å². The van der Waals surface area contributed by atoms with E-state index in [2.05, 4.69) is 21.0 Å². The molecule has 2 aromatic rings. The number of hydrogen-bond acceptors (Lipinski definition) is 2. The quantitative estimate of drug-likeness (QED) is 0.946. The fraction of sp³-hybridized carbons (Fsp3) is 0.250. The van der Waals surface area contributed by atoms with Crippen LogP contribution >= 0.6 is 27.5 Å².